The van der Waals surface area contributed by atoms with Crippen LogP contribution in [-0.4, -0.2) is 22.4 Å². The zero-order valence-electron chi connectivity index (χ0n) is 14.3. The molecule has 0 aromatic heterocycles. The standard InChI is InChI=1S/C21H30O2/c1-3-10-21-12-8-15(22)13-14(21)4-5-16-17-6-7-19(23)20(17,2)11-9-18(16)21/h1,4,15-19,22-23H,5-13H2,2H3/t15-,16?,17?,18?,19-,20-,21-/m0/s1. The van der Waals surface area contributed by atoms with Crippen LogP contribution in [0.25, 0.3) is 0 Å². The highest BCUT2D eigenvalue weighted by atomic mass is 16.3. The monoisotopic (exact) mass is 314 g/mol. The van der Waals surface area contributed by atoms with E-state index in [0.717, 1.165) is 44.9 Å². The van der Waals surface area contributed by atoms with Crippen molar-refractivity contribution in [3.8, 4) is 12.3 Å². The molecular weight excluding hydrogens is 284 g/mol. The molecule has 0 radical (unpaired) electrons. The lowest BCUT2D eigenvalue weighted by atomic mass is 9.46. The molecule has 0 saturated heterocycles. The van der Waals surface area contributed by atoms with Gasteiger partial charge in [-0.15, -0.1) is 12.3 Å². The molecule has 3 unspecified atom stereocenters. The van der Waals surface area contributed by atoms with Gasteiger partial charge in [-0.05, 0) is 74.5 Å². The molecule has 2 N–H and O–H groups in total. The molecule has 2 heteroatoms. The van der Waals surface area contributed by atoms with Gasteiger partial charge in [-0.3, -0.25) is 0 Å². The Morgan fingerprint density at radius 2 is 2.00 bits per heavy atom. The molecule has 23 heavy (non-hydrogen) atoms. The van der Waals surface area contributed by atoms with Gasteiger partial charge >= 0.3 is 0 Å². The molecule has 0 spiro atoms. The molecule has 3 saturated carbocycles. The Kier molecular flexibility index (Phi) is 3.67. The van der Waals surface area contributed by atoms with E-state index in [1.807, 2.05) is 0 Å². The Balaban J connectivity index is 1.72. The Hall–Kier alpha value is -0.780. The van der Waals surface area contributed by atoms with Crippen LogP contribution in [0, 0.1) is 40.9 Å². The maximum absolute atomic E-state index is 10.5. The number of terminal acetylenes is 1. The molecule has 0 aliphatic heterocycles. The first-order valence-electron chi connectivity index (χ1n) is 9.50. The summed E-state index contributed by atoms with van der Waals surface area (Å²) in [6, 6.07) is 0. The fourth-order valence-electron chi connectivity index (χ4n) is 6.92. The largest absolute Gasteiger partial charge is 0.393 e. The minimum absolute atomic E-state index is 0.115. The normalized spacial score (nSPS) is 51.9. The Bertz CT molecular complexity index is 559. The van der Waals surface area contributed by atoms with E-state index in [0.29, 0.717) is 17.8 Å². The number of hydrogen-bond acceptors (Lipinski definition) is 2. The van der Waals surface area contributed by atoms with Crippen LogP contribution < -0.4 is 0 Å². The molecule has 0 amide bonds. The highest BCUT2D eigenvalue weighted by Gasteiger charge is 2.59. The summed E-state index contributed by atoms with van der Waals surface area (Å²) < 4.78 is 0. The second kappa shape index (κ2) is 5.36. The summed E-state index contributed by atoms with van der Waals surface area (Å²) in [7, 11) is 0. The van der Waals surface area contributed by atoms with Crippen LogP contribution in [0.2, 0.25) is 0 Å². The zero-order chi connectivity index (χ0) is 16.2. The highest BCUT2D eigenvalue weighted by molar-refractivity contribution is 5.28. The SMILES string of the molecule is C#CC[C@]12CC[C@H](O)CC1=CCC1C2CC[C@@]2(C)C1CC[C@@H]2O. The van der Waals surface area contributed by atoms with Crippen LogP contribution >= 0.6 is 0 Å². The average Bonchev–Trinajstić information content (AvgIpc) is 2.84. The van der Waals surface area contributed by atoms with Gasteiger partial charge in [-0.1, -0.05) is 18.6 Å². The van der Waals surface area contributed by atoms with Crippen molar-refractivity contribution in [2.45, 2.75) is 76.9 Å². The molecule has 7 atom stereocenters. The second-order valence-electron chi connectivity index (χ2n) is 8.91. The van der Waals surface area contributed by atoms with Crippen molar-refractivity contribution in [1.29, 1.82) is 0 Å². The summed E-state index contributed by atoms with van der Waals surface area (Å²) in [4.78, 5) is 0. The molecule has 0 bridgehead atoms. The quantitative estimate of drug-likeness (QED) is 0.572. The topological polar surface area (TPSA) is 40.5 Å². The molecule has 0 heterocycles. The predicted molar refractivity (Wildman–Crippen MR) is 91.5 cm³/mol. The molecule has 0 aromatic carbocycles. The van der Waals surface area contributed by atoms with Crippen molar-refractivity contribution < 1.29 is 10.2 Å². The third-order valence-corrected chi connectivity index (χ3v) is 8.17. The first-order valence-corrected chi connectivity index (χ1v) is 9.50. The smallest absolute Gasteiger partial charge is 0.0596 e. The number of aliphatic hydroxyl groups excluding tert-OH is 2. The van der Waals surface area contributed by atoms with E-state index in [2.05, 4.69) is 18.9 Å². The van der Waals surface area contributed by atoms with E-state index in [9.17, 15) is 10.2 Å². The molecule has 4 rings (SSSR count). The highest BCUT2D eigenvalue weighted by Crippen LogP contribution is 2.65. The summed E-state index contributed by atoms with van der Waals surface area (Å²) in [5.74, 6) is 4.97. The van der Waals surface area contributed by atoms with Gasteiger partial charge in [0, 0.05) is 11.8 Å². The van der Waals surface area contributed by atoms with Gasteiger partial charge in [0.05, 0.1) is 12.2 Å². The van der Waals surface area contributed by atoms with Crippen LogP contribution in [0.1, 0.15) is 64.7 Å². The number of fused-ring (bicyclic) bond motifs is 5. The van der Waals surface area contributed by atoms with Gasteiger partial charge in [0.25, 0.3) is 0 Å². The Labute approximate surface area is 140 Å². The lowest BCUT2D eigenvalue weighted by Gasteiger charge is -2.58. The van der Waals surface area contributed by atoms with Crippen molar-refractivity contribution in [2.75, 3.05) is 0 Å². The third-order valence-electron chi connectivity index (χ3n) is 8.17. The number of hydrogen-bond donors (Lipinski definition) is 2. The number of allylic oxidation sites excluding steroid dienone is 1. The van der Waals surface area contributed by atoms with Crippen LogP contribution in [-0.2, 0) is 0 Å². The molecule has 4 aliphatic carbocycles. The third kappa shape index (κ3) is 2.09. The minimum Gasteiger partial charge on any atom is -0.393 e. The maximum Gasteiger partial charge on any atom is 0.0596 e. The van der Waals surface area contributed by atoms with E-state index in [4.69, 9.17) is 6.42 Å². The van der Waals surface area contributed by atoms with Crippen molar-refractivity contribution in [1.82, 2.24) is 0 Å². The lowest BCUT2D eigenvalue weighted by Crippen LogP contribution is -2.52. The van der Waals surface area contributed by atoms with Crippen molar-refractivity contribution >= 4 is 0 Å². The summed E-state index contributed by atoms with van der Waals surface area (Å²) in [6.45, 7) is 2.32. The second-order valence-corrected chi connectivity index (χ2v) is 8.91. The van der Waals surface area contributed by atoms with E-state index in [1.54, 1.807) is 0 Å². The Morgan fingerprint density at radius 3 is 2.78 bits per heavy atom. The molecule has 0 aromatic rings. The molecule has 3 fully saturated rings. The van der Waals surface area contributed by atoms with Crippen LogP contribution in [0.3, 0.4) is 0 Å². The average molecular weight is 314 g/mol. The number of rotatable bonds is 1. The van der Waals surface area contributed by atoms with Gasteiger partial charge in [0.1, 0.15) is 0 Å². The first kappa shape index (κ1) is 15.7. The molecular formula is C21H30O2. The summed E-state index contributed by atoms with van der Waals surface area (Å²) in [6.07, 6.45) is 17.2. The minimum atomic E-state index is -0.175. The van der Waals surface area contributed by atoms with Gasteiger partial charge in [0.15, 0.2) is 0 Å². The van der Waals surface area contributed by atoms with Crippen molar-refractivity contribution in [3.05, 3.63) is 11.6 Å². The first-order chi connectivity index (χ1) is 11.0. The molecule has 2 nitrogen and oxygen atoms in total. The van der Waals surface area contributed by atoms with Crippen LogP contribution in [0.15, 0.2) is 11.6 Å². The van der Waals surface area contributed by atoms with Crippen LogP contribution in [0.5, 0.6) is 0 Å². The number of aliphatic hydroxyl groups is 2. The molecule has 126 valence electrons. The summed E-state index contributed by atoms with van der Waals surface area (Å²) in [5, 5.41) is 20.7. The predicted octanol–water partition coefficient (Wildman–Crippen LogP) is 3.67. The van der Waals surface area contributed by atoms with Crippen molar-refractivity contribution in [3.63, 3.8) is 0 Å². The fourth-order valence-corrected chi connectivity index (χ4v) is 6.92. The van der Waals surface area contributed by atoms with Gasteiger partial charge < -0.3 is 10.2 Å². The van der Waals surface area contributed by atoms with E-state index >= 15 is 0 Å². The zero-order valence-corrected chi connectivity index (χ0v) is 14.3. The Morgan fingerprint density at radius 1 is 1.17 bits per heavy atom. The lowest BCUT2D eigenvalue weighted by molar-refractivity contribution is -0.0746. The van der Waals surface area contributed by atoms with Gasteiger partial charge in [-0.25, -0.2) is 0 Å². The van der Waals surface area contributed by atoms with Gasteiger partial charge in [0.2, 0.25) is 0 Å². The summed E-state index contributed by atoms with van der Waals surface area (Å²) in [5.41, 5.74) is 1.72. The fraction of sp³-hybridized carbons (Fsp3) is 0.810. The van der Waals surface area contributed by atoms with E-state index < -0.39 is 0 Å². The summed E-state index contributed by atoms with van der Waals surface area (Å²) >= 11 is 0. The maximum atomic E-state index is 10.5. The van der Waals surface area contributed by atoms with Gasteiger partial charge in [-0.2, -0.15) is 0 Å². The van der Waals surface area contributed by atoms with E-state index in [-0.39, 0.29) is 23.0 Å². The molecule has 4 aliphatic rings. The van der Waals surface area contributed by atoms with Crippen molar-refractivity contribution in [2.24, 2.45) is 28.6 Å². The van der Waals surface area contributed by atoms with Crippen LogP contribution in [0.4, 0.5) is 0 Å². The van der Waals surface area contributed by atoms with E-state index in [1.165, 1.54) is 18.4 Å².